The number of nitrogens with two attached hydrogens (primary N) is 1. The van der Waals surface area contributed by atoms with Gasteiger partial charge in [-0.3, -0.25) is 0 Å². The summed E-state index contributed by atoms with van der Waals surface area (Å²) in [6, 6.07) is 3.74. The first-order valence-corrected chi connectivity index (χ1v) is 7.24. The van der Waals surface area contributed by atoms with Crippen LogP contribution in [0.4, 0.5) is 5.69 Å². The van der Waals surface area contributed by atoms with Crippen molar-refractivity contribution in [3.05, 3.63) is 12.1 Å². The second-order valence-electron chi connectivity index (χ2n) is 4.74. The standard InChI is InChI=1S/C13H20N2O2S/c1-9(6-7-16)18-12-5-4-11(14)13(15-12)17-8-10-2-3-10/h4-5,9-10,16H,2-3,6-8,14H2,1H3. The van der Waals surface area contributed by atoms with E-state index in [-0.39, 0.29) is 6.61 Å². The molecular formula is C13H20N2O2S. The first-order chi connectivity index (χ1) is 8.69. The number of thioether (sulfide) groups is 1. The van der Waals surface area contributed by atoms with Gasteiger partial charge in [-0.05, 0) is 37.3 Å². The quantitative estimate of drug-likeness (QED) is 0.743. The molecule has 0 bridgehead atoms. The number of aromatic nitrogens is 1. The first-order valence-electron chi connectivity index (χ1n) is 6.36. The molecular weight excluding hydrogens is 248 g/mol. The molecule has 4 nitrogen and oxygen atoms in total. The molecule has 1 aromatic heterocycles. The zero-order valence-corrected chi connectivity index (χ0v) is 11.4. The number of pyridine rings is 1. The van der Waals surface area contributed by atoms with Gasteiger partial charge in [0.05, 0.1) is 12.3 Å². The summed E-state index contributed by atoms with van der Waals surface area (Å²) in [5.74, 6) is 1.24. The molecule has 3 N–H and O–H groups in total. The Kier molecular flexibility index (Phi) is 4.72. The second-order valence-corrected chi connectivity index (χ2v) is 6.20. The molecule has 0 aromatic carbocycles. The number of hydrogen-bond donors (Lipinski definition) is 2. The van der Waals surface area contributed by atoms with Crippen LogP contribution in [0.25, 0.3) is 0 Å². The van der Waals surface area contributed by atoms with Crippen LogP contribution in [0.3, 0.4) is 0 Å². The number of aliphatic hydroxyl groups excluding tert-OH is 1. The van der Waals surface area contributed by atoms with E-state index in [4.69, 9.17) is 15.6 Å². The lowest BCUT2D eigenvalue weighted by Crippen LogP contribution is -2.05. The van der Waals surface area contributed by atoms with Gasteiger partial charge in [0.25, 0.3) is 0 Å². The summed E-state index contributed by atoms with van der Waals surface area (Å²) in [5.41, 5.74) is 6.44. The van der Waals surface area contributed by atoms with E-state index >= 15 is 0 Å². The van der Waals surface area contributed by atoms with Crippen LogP contribution < -0.4 is 10.5 Å². The molecule has 2 rings (SSSR count). The Bertz CT molecular complexity index is 397. The van der Waals surface area contributed by atoms with Crippen molar-refractivity contribution in [2.45, 2.75) is 36.5 Å². The van der Waals surface area contributed by atoms with E-state index < -0.39 is 0 Å². The number of hydrogen-bond acceptors (Lipinski definition) is 5. The topological polar surface area (TPSA) is 68.4 Å². The summed E-state index contributed by atoms with van der Waals surface area (Å²) in [6.45, 7) is 3.00. The Hall–Kier alpha value is -0.940. The van der Waals surface area contributed by atoms with Gasteiger partial charge in [0, 0.05) is 11.9 Å². The predicted octanol–water partition coefficient (Wildman–Crippen LogP) is 2.32. The second kappa shape index (κ2) is 6.29. The van der Waals surface area contributed by atoms with Gasteiger partial charge >= 0.3 is 0 Å². The van der Waals surface area contributed by atoms with Gasteiger partial charge in [0.2, 0.25) is 5.88 Å². The molecule has 1 fully saturated rings. The minimum absolute atomic E-state index is 0.203. The summed E-state index contributed by atoms with van der Waals surface area (Å²) < 4.78 is 5.64. The molecule has 5 heteroatoms. The van der Waals surface area contributed by atoms with Crippen molar-refractivity contribution < 1.29 is 9.84 Å². The number of nitrogens with zero attached hydrogens (tertiary/aromatic N) is 1. The Balaban J connectivity index is 1.95. The van der Waals surface area contributed by atoms with E-state index in [1.165, 1.54) is 12.8 Å². The first kappa shape index (κ1) is 13.5. The van der Waals surface area contributed by atoms with E-state index in [0.717, 1.165) is 18.1 Å². The van der Waals surface area contributed by atoms with Crippen molar-refractivity contribution in [3.63, 3.8) is 0 Å². The number of aliphatic hydroxyl groups is 1. The van der Waals surface area contributed by atoms with Crippen LogP contribution in [-0.2, 0) is 0 Å². The van der Waals surface area contributed by atoms with Crippen LogP contribution in [-0.4, -0.2) is 28.6 Å². The highest BCUT2D eigenvalue weighted by Crippen LogP contribution is 2.32. The summed E-state index contributed by atoms with van der Waals surface area (Å²) in [7, 11) is 0. The fourth-order valence-electron chi connectivity index (χ4n) is 1.54. The average molecular weight is 268 g/mol. The summed E-state index contributed by atoms with van der Waals surface area (Å²) in [5, 5.41) is 10.1. The monoisotopic (exact) mass is 268 g/mol. The zero-order chi connectivity index (χ0) is 13.0. The molecule has 1 aromatic rings. The molecule has 0 amide bonds. The summed E-state index contributed by atoms with van der Waals surface area (Å²) >= 11 is 1.63. The Labute approximate surface area is 112 Å². The number of nitrogen functional groups attached to an aromatic ring is 1. The average Bonchev–Trinajstić information content (AvgIpc) is 3.14. The minimum atomic E-state index is 0.203. The minimum Gasteiger partial charge on any atom is -0.476 e. The molecule has 1 aliphatic carbocycles. The maximum absolute atomic E-state index is 8.89. The number of anilines is 1. The molecule has 0 aliphatic heterocycles. The Morgan fingerprint density at radius 1 is 1.56 bits per heavy atom. The maximum atomic E-state index is 8.89. The molecule has 0 saturated heterocycles. The fourth-order valence-corrected chi connectivity index (χ4v) is 2.46. The molecule has 1 unspecified atom stereocenters. The van der Waals surface area contributed by atoms with Gasteiger partial charge in [-0.25, -0.2) is 4.98 Å². The van der Waals surface area contributed by atoms with Crippen LogP contribution in [0.1, 0.15) is 26.2 Å². The Morgan fingerprint density at radius 2 is 2.33 bits per heavy atom. The van der Waals surface area contributed by atoms with Gasteiger partial charge < -0.3 is 15.6 Å². The van der Waals surface area contributed by atoms with E-state index in [1.807, 2.05) is 12.1 Å². The van der Waals surface area contributed by atoms with Crippen molar-refractivity contribution >= 4 is 17.4 Å². The van der Waals surface area contributed by atoms with Crippen LogP contribution in [0.2, 0.25) is 0 Å². The molecule has 0 spiro atoms. The lowest BCUT2D eigenvalue weighted by Gasteiger charge is -2.11. The fraction of sp³-hybridized carbons (Fsp3) is 0.615. The normalized spacial score (nSPS) is 16.6. The van der Waals surface area contributed by atoms with Gasteiger partial charge in [-0.2, -0.15) is 0 Å². The van der Waals surface area contributed by atoms with E-state index in [9.17, 15) is 0 Å². The van der Waals surface area contributed by atoms with Crippen LogP contribution in [0.15, 0.2) is 17.2 Å². The van der Waals surface area contributed by atoms with E-state index in [0.29, 0.717) is 22.7 Å². The van der Waals surface area contributed by atoms with Crippen LogP contribution in [0.5, 0.6) is 5.88 Å². The molecule has 1 heterocycles. The van der Waals surface area contributed by atoms with Gasteiger partial charge in [-0.1, -0.05) is 6.92 Å². The highest BCUT2D eigenvalue weighted by atomic mass is 32.2. The van der Waals surface area contributed by atoms with Gasteiger partial charge in [0.15, 0.2) is 0 Å². The Morgan fingerprint density at radius 3 is 3.00 bits per heavy atom. The molecule has 1 atom stereocenters. The van der Waals surface area contributed by atoms with E-state index in [2.05, 4.69) is 11.9 Å². The van der Waals surface area contributed by atoms with Gasteiger partial charge in [0.1, 0.15) is 5.03 Å². The van der Waals surface area contributed by atoms with Gasteiger partial charge in [-0.15, -0.1) is 11.8 Å². The SMILES string of the molecule is CC(CCO)Sc1ccc(N)c(OCC2CC2)n1. The number of ether oxygens (including phenoxy) is 1. The molecule has 1 saturated carbocycles. The van der Waals surface area contributed by atoms with Crippen molar-refractivity contribution in [1.82, 2.24) is 4.98 Å². The third-order valence-electron chi connectivity index (χ3n) is 2.87. The third-order valence-corrected chi connectivity index (χ3v) is 3.98. The van der Waals surface area contributed by atoms with E-state index in [1.54, 1.807) is 11.8 Å². The smallest absolute Gasteiger partial charge is 0.238 e. The lowest BCUT2D eigenvalue weighted by atomic mass is 10.3. The zero-order valence-electron chi connectivity index (χ0n) is 10.6. The summed E-state index contributed by atoms with van der Waals surface area (Å²) in [4.78, 5) is 4.43. The van der Waals surface area contributed by atoms with Crippen molar-refractivity contribution in [3.8, 4) is 5.88 Å². The van der Waals surface area contributed by atoms with Crippen LogP contribution >= 0.6 is 11.8 Å². The van der Waals surface area contributed by atoms with Crippen LogP contribution in [0, 0.1) is 5.92 Å². The summed E-state index contributed by atoms with van der Waals surface area (Å²) in [6.07, 6.45) is 3.26. The van der Waals surface area contributed by atoms with Crippen molar-refractivity contribution in [2.75, 3.05) is 18.9 Å². The van der Waals surface area contributed by atoms with Crippen molar-refractivity contribution in [2.24, 2.45) is 5.92 Å². The maximum Gasteiger partial charge on any atom is 0.238 e. The van der Waals surface area contributed by atoms with Crippen molar-refractivity contribution in [1.29, 1.82) is 0 Å². The largest absolute Gasteiger partial charge is 0.476 e. The highest BCUT2D eigenvalue weighted by Gasteiger charge is 2.22. The molecule has 18 heavy (non-hydrogen) atoms. The molecule has 1 aliphatic rings. The molecule has 100 valence electrons. The highest BCUT2D eigenvalue weighted by molar-refractivity contribution is 7.99. The molecule has 0 radical (unpaired) electrons. The third kappa shape index (κ3) is 4.07. The lowest BCUT2D eigenvalue weighted by molar-refractivity contribution is 0.287. The predicted molar refractivity (Wildman–Crippen MR) is 73.9 cm³/mol. The number of rotatable bonds is 7.